The van der Waals surface area contributed by atoms with Gasteiger partial charge >= 0.3 is 0 Å². The maximum absolute atomic E-state index is 12.8. The summed E-state index contributed by atoms with van der Waals surface area (Å²) in [4.78, 5) is 17.2. The second-order valence-electron chi connectivity index (χ2n) is 6.92. The van der Waals surface area contributed by atoms with Crippen LogP contribution in [0.15, 0.2) is 41.8 Å². The fourth-order valence-electron chi connectivity index (χ4n) is 2.91. The molecule has 2 heterocycles. The number of aromatic nitrogens is 4. The van der Waals surface area contributed by atoms with Crippen molar-refractivity contribution in [2.75, 3.05) is 5.32 Å². The molecule has 6 nitrogen and oxygen atoms in total. The number of aromatic amines is 1. The summed E-state index contributed by atoms with van der Waals surface area (Å²) in [6.45, 7) is 8.07. The van der Waals surface area contributed by atoms with Gasteiger partial charge in [0.15, 0.2) is 5.16 Å². The standard InChI is InChI=1S/C20H25N5OS/c1-12(2)18-17(13(3)23-24-18)19(26)22-16-8-6-7-15(11-16)14(4)27-20-21-9-10-25(20)5/h6-12,14H,1-5H3,(H,22,26)(H,23,24). The highest BCUT2D eigenvalue weighted by Crippen LogP contribution is 2.34. The summed E-state index contributed by atoms with van der Waals surface area (Å²) in [5.74, 6) is 0.0442. The second-order valence-corrected chi connectivity index (χ2v) is 8.23. The molecule has 0 aliphatic rings. The molecule has 1 amide bonds. The summed E-state index contributed by atoms with van der Waals surface area (Å²) in [7, 11) is 1.98. The van der Waals surface area contributed by atoms with E-state index < -0.39 is 0 Å². The van der Waals surface area contributed by atoms with Crippen molar-refractivity contribution < 1.29 is 4.79 Å². The van der Waals surface area contributed by atoms with Crippen molar-refractivity contribution in [2.45, 2.75) is 44.0 Å². The molecule has 3 aromatic rings. The number of rotatable bonds is 6. The van der Waals surface area contributed by atoms with Gasteiger partial charge in [0.2, 0.25) is 0 Å². The van der Waals surface area contributed by atoms with E-state index in [1.165, 1.54) is 0 Å². The Labute approximate surface area is 163 Å². The van der Waals surface area contributed by atoms with Gasteiger partial charge in [-0.2, -0.15) is 5.10 Å². The second kappa shape index (κ2) is 8.00. The molecular formula is C20H25N5OS. The summed E-state index contributed by atoms with van der Waals surface area (Å²) >= 11 is 1.69. The average Bonchev–Trinajstić information content (AvgIpc) is 3.21. The first-order valence-corrected chi connectivity index (χ1v) is 9.85. The lowest BCUT2D eigenvalue weighted by atomic mass is 10.0. The zero-order valence-corrected chi connectivity index (χ0v) is 17.1. The highest BCUT2D eigenvalue weighted by atomic mass is 32.2. The minimum Gasteiger partial charge on any atom is -0.329 e. The van der Waals surface area contributed by atoms with Crippen LogP contribution in [0.2, 0.25) is 0 Å². The van der Waals surface area contributed by atoms with Crippen molar-refractivity contribution in [3.8, 4) is 0 Å². The van der Waals surface area contributed by atoms with Crippen LogP contribution < -0.4 is 5.32 Å². The number of nitrogens with zero attached hydrogens (tertiary/aromatic N) is 3. The van der Waals surface area contributed by atoms with Gasteiger partial charge in [0.05, 0.1) is 11.3 Å². The Morgan fingerprint density at radius 2 is 2.07 bits per heavy atom. The van der Waals surface area contributed by atoms with Gasteiger partial charge in [0.25, 0.3) is 5.91 Å². The molecule has 0 saturated heterocycles. The number of thioether (sulfide) groups is 1. The van der Waals surface area contributed by atoms with E-state index in [2.05, 4.69) is 33.5 Å². The van der Waals surface area contributed by atoms with Crippen molar-refractivity contribution in [3.63, 3.8) is 0 Å². The fourth-order valence-corrected chi connectivity index (χ4v) is 3.85. The summed E-state index contributed by atoms with van der Waals surface area (Å²) in [6.07, 6.45) is 3.73. The highest BCUT2D eigenvalue weighted by molar-refractivity contribution is 7.99. The van der Waals surface area contributed by atoms with Crippen molar-refractivity contribution in [1.29, 1.82) is 0 Å². The molecule has 0 saturated carbocycles. The van der Waals surface area contributed by atoms with Crippen LogP contribution in [-0.4, -0.2) is 25.7 Å². The maximum Gasteiger partial charge on any atom is 0.259 e. The highest BCUT2D eigenvalue weighted by Gasteiger charge is 2.20. The van der Waals surface area contributed by atoms with Gasteiger partial charge in [-0.3, -0.25) is 9.89 Å². The molecule has 0 bridgehead atoms. The zero-order valence-electron chi connectivity index (χ0n) is 16.3. The van der Waals surface area contributed by atoms with Crippen LogP contribution in [0.5, 0.6) is 0 Å². The molecule has 0 spiro atoms. The maximum atomic E-state index is 12.8. The van der Waals surface area contributed by atoms with Crippen molar-refractivity contribution in [3.05, 3.63) is 59.2 Å². The molecule has 1 aromatic carbocycles. The van der Waals surface area contributed by atoms with Gasteiger partial charge in [-0.1, -0.05) is 37.7 Å². The topological polar surface area (TPSA) is 75.6 Å². The largest absolute Gasteiger partial charge is 0.329 e. The number of carbonyl (C=O) groups excluding carboxylic acids is 1. The van der Waals surface area contributed by atoms with E-state index in [0.29, 0.717) is 5.56 Å². The number of amides is 1. The summed E-state index contributed by atoms with van der Waals surface area (Å²) in [5, 5.41) is 11.4. The molecule has 1 atom stereocenters. The van der Waals surface area contributed by atoms with Crippen molar-refractivity contribution >= 4 is 23.4 Å². The van der Waals surface area contributed by atoms with Crippen molar-refractivity contribution in [1.82, 2.24) is 19.7 Å². The van der Waals surface area contributed by atoms with Crippen LogP contribution in [0, 0.1) is 6.92 Å². The lowest BCUT2D eigenvalue weighted by molar-refractivity contribution is 0.102. The van der Waals surface area contributed by atoms with Crippen LogP contribution in [-0.2, 0) is 7.05 Å². The number of imidazole rings is 1. The van der Waals surface area contributed by atoms with E-state index in [1.807, 2.05) is 56.8 Å². The molecule has 2 aromatic heterocycles. The number of nitrogens with one attached hydrogen (secondary N) is 2. The summed E-state index contributed by atoms with van der Waals surface area (Å²) in [5.41, 5.74) is 4.12. The molecule has 0 aliphatic heterocycles. The first kappa shape index (κ1) is 19.2. The quantitative estimate of drug-likeness (QED) is 0.606. The molecule has 1 unspecified atom stereocenters. The van der Waals surface area contributed by atoms with Gasteiger partial charge < -0.3 is 9.88 Å². The number of hydrogen-bond acceptors (Lipinski definition) is 4. The zero-order chi connectivity index (χ0) is 19.6. The van der Waals surface area contributed by atoms with E-state index >= 15 is 0 Å². The van der Waals surface area contributed by atoms with Crippen LogP contribution in [0.1, 0.15) is 59.2 Å². The average molecular weight is 384 g/mol. The number of anilines is 1. The Kier molecular flexibility index (Phi) is 5.70. The number of carbonyl (C=O) groups is 1. The third-order valence-corrected chi connectivity index (χ3v) is 5.65. The van der Waals surface area contributed by atoms with E-state index in [1.54, 1.807) is 18.0 Å². The first-order valence-electron chi connectivity index (χ1n) is 8.97. The minimum atomic E-state index is -0.133. The molecule has 0 radical (unpaired) electrons. The third kappa shape index (κ3) is 4.24. The Morgan fingerprint density at radius 1 is 1.30 bits per heavy atom. The normalized spacial score (nSPS) is 12.4. The fraction of sp³-hybridized carbons (Fsp3) is 0.350. The van der Waals surface area contributed by atoms with Gasteiger partial charge in [0, 0.05) is 36.1 Å². The molecule has 2 N–H and O–H groups in total. The van der Waals surface area contributed by atoms with E-state index in [-0.39, 0.29) is 17.1 Å². The van der Waals surface area contributed by atoms with Gasteiger partial charge in [-0.15, -0.1) is 0 Å². The molecule has 7 heteroatoms. The van der Waals surface area contributed by atoms with Gasteiger partial charge in [0.1, 0.15) is 0 Å². The van der Waals surface area contributed by atoms with Crippen LogP contribution in [0.3, 0.4) is 0 Å². The first-order chi connectivity index (χ1) is 12.9. The predicted molar refractivity (Wildman–Crippen MR) is 109 cm³/mol. The van der Waals surface area contributed by atoms with Crippen LogP contribution >= 0.6 is 11.8 Å². The minimum absolute atomic E-state index is 0.133. The van der Waals surface area contributed by atoms with Crippen molar-refractivity contribution in [2.24, 2.45) is 7.05 Å². The number of hydrogen-bond donors (Lipinski definition) is 2. The van der Waals surface area contributed by atoms with Crippen LogP contribution in [0.25, 0.3) is 0 Å². The SMILES string of the molecule is Cc1[nH]nc(C(C)C)c1C(=O)Nc1cccc(C(C)Sc2nccn2C)c1. The van der Waals surface area contributed by atoms with Crippen LogP contribution in [0.4, 0.5) is 5.69 Å². The number of benzene rings is 1. The Hall–Kier alpha value is -2.54. The molecule has 0 aliphatic carbocycles. The monoisotopic (exact) mass is 383 g/mol. The predicted octanol–water partition coefficient (Wildman–Crippen LogP) is 4.68. The number of H-pyrrole nitrogens is 1. The lowest BCUT2D eigenvalue weighted by Gasteiger charge is -2.14. The Balaban J connectivity index is 1.77. The molecule has 3 rings (SSSR count). The van der Waals surface area contributed by atoms with E-state index in [9.17, 15) is 4.79 Å². The third-order valence-electron chi connectivity index (χ3n) is 4.42. The lowest BCUT2D eigenvalue weighted by Crippen LogP contribution is -2.15. The van der Waals surface area contributed by atoms with E-state index in [4.69, 9.17) is 0 Å². The van der Waals surface area contributed by atoms with Gasteiger partial charge in [-0.05, 0) is 37.5 Å². The smallest absolute Gasteiger partial charge is 0.259 e. The Morgan fingerprint density at radius 3 is 2.74 bits per heavy atom. The summed E-state index contributed by atoms with van der Waals surface area (Å²) < 4.78 is 2.00. The molecule has 142 valence electrons. The Bertz CT molecular complexity index is 944. The molecular weight excluding hydrogens is 358 g/mol. The van der Waals surface area contributed by atoms with E-state index in [0.717, 1.165) is 27.8 Å². The molecule has 0 fully saturated rings. The summed E-state index contributed by atoms with van der Waals surface area (Å²) in [6, 6.07) is 7.96. The van der Waals surface area contributed by atoms with Gasteiger partial charge in [-0.25, -0.2) is 4.98 Å². The number of aryl methyl sites for hydroxylation is 2. The molecule has 27 heavy (non-hydrogen) atoms.